The number of hydrogen-bond acceptors (Lipinski definition) is 3. The Labute approximate surface area is 53.9 Å². The van der Waals surface area contributed by atoms with Crippen molar-refractivity contribution < 1.29 is 5.11 Å². The summed E-state index contributed by atoms with van der Waals surface area (Å²) in [6.45, 7) is 0.309. The first-order valence-electron chi connectivity index (χ1n) is 2.73. The molecule has 0 bridgehead atoms. The molecule has 1 aliphatic rings. The van der Waals surface area contributed by atoms with Crippen molar-refractivity contribution in [1.29, 1.82) is 0 Å². The average Bonchev–Trinajstić information content (AvgIpc) is 2.14. The topological polar surface area (TPSA) is 23.5 Å². The lowest BCUT2D eigenvalue weighted by Crippen LogP contribution is -2.29. The van der Waals surface area contributed by atoms with Crippen molar-refractivity contribution >= 4 is 11.8 Å². The molecule has 1 aliphatic heterocycles. The van der Waals surface area contributed by atoms with Gasteiger partial charge in [0.25, 0.3) is 0 Å². The van der Waals surface area contributed by atoms with Crippen LogP contribution in [-0.2, 0) is 0 Å². The van der Waals surface area contributed by atoms with Crippen molar-refractivity contribution in [2.24, 2.45) is 0 Å². The third-order valence-corrected chi connectivity index (χ3v) is 2.65. The number of aliphatic hydroxyl groups excluding tert-OH is 1. The Bertz CT molecular complexity index is 78.8. The first kappa shape index (κ1) is 6.39. The maximum absolute atomic E-state index is 8.68. The summed E-state index contributed by atoms with van der Waals surface area (Å²) in [6, 6.07) is 0.417. The predicted molar refractivity (Wildman–Crippen MR) is 36.0 cm³/mol. The van der Waals surface area contributed by atoms with E-state index in [9.17, 15) is 0 Å². The lowest BCUT2D eigenvalue weighted by Gasteiger charge is -2.13. The molecule has 1 rings (SSSR count). The molecule has 0 aromatic heterocycles. The third-order valence-electron chi connectivity index (χ3n) is 1.44. The maximum Gasteiger partial charge on any atom is 0.0595 e. The highest BCUT2D eigenvalue weighted by Gasteiger charge is 2.19. The van der Waals surface area contributed by atoms with Crippen LogP contribution in [0.5, 0.6) is 0 Å². The highest BCUT2D eigenvalue weighted by molar-refractivity contribution is 7.99. The van der Waals surface area contributed by atoms with E-state index in [1.165, 1.54) is 0 Å². The van der Waals surface area contributed by atoms with E-state index >= 15 is 0 Å². The van der Waals surface area contributed by atoms with Crippen molar-refractivity contribution in [3.63, 3.8) is 0 Å². The van der Waals surface area contributed by atoms with E-state index in [-0.39, 0.29) is 0 Å². The van der Waals surface area contributed by atoms with Crippen LogP contribution >= 0.6 is 11.8 Å². The van der Waals surface area contributed by atoms with E-state index in [1.807, 2.05) is 18.8 Å². The first-order valence-corrected chi connectivity index (χ1v) is 3.89. The van der Waals surface area contributed by atoms with Crippen molar-refractivity contribution in [2.75, 3.05) is 25.3 Å². The van der Waals surface area contributed by atoms with Gasteiger partial charge in [0.2, 0.25) is 0 Å². The molecule has 1 saturated heterocycles. The third kappa shape index (κ3) is 1.16. The van der Waals surface area contributed by atoms with E-state index < -0.39 is 0 Å². The summed E-state index contributed by atoms with van der Waals surface area (Å²) in [4.78, 5) is 2.17. The van der Waals surface area contributed by atoms with Gasteiger partial charge in [-0.25, -0.2) is 0 Å². The molecule has 2 nitrogen and oxygen atoms in total. The predicted octanol–water partition coefficient (Wildman–Crippen LogP) is -0.0166. The molecule has 0 aliphatic carbocycles. The number of hydrogen-bond donors (Lipinski definition) is 1. The van der Waals surface area contributed by atoms with Crippen LogP contribution in [0, 0.1) is 0 Å². The summed E-state index contributed by atoms with van der Waals surface area (Å²) in [5, 5.41) is 8.68. The fourth-order valence-electron chi connectivity index (χ4n) is 0.757. The Balaban J connectivity index is 2.30. The fourth-order valence-corrected chi connectivity index (χ4v) is 1.99. The Hall–Kier alpha value is 0.270. The zero-order valence-electron chi connectivity index (χ0n) is 5.00. The SMILES string of the molecule is CN1CSCC1CO. The lowest BCUT2D eigenvalue weighted by atomic mass is 10.3. The van der Waals surface area contributed by atoms with Crippen LogP contribution in [0.25, 0.3) is 0 Å². The smallest absolute Gasteiger partial charge is 0.0595 e. The molecule has 0 saturated carbocycles. The molecule has 8 heavy (non-hydrogen) atoms. The zero-order chi connectivity index (χ0) is 5.98. The minimum Gasteiger partial charge on any atom is -0.395 e. The van der Waals surface area contributed by atoms with Crippen molar-refractivity contribution in [1.82, 2.24) is 4.90 Å². The van der Waals surface area contributed by atoms with E-state index in [0.717, 1.165) is 11.6 Å². The summed E-state index contributed by atoms with van der Waals surface area (Å²) in [5.74, 6) is 2.16. The summed E-state index contributed by atoms with van der Waals surface area (Å²) >= 11 is 1.88. The molecule has 1 heterocycles. The highest BCUT2D eigenvalue weighted by atomic mass is 32.2. The van der Waals surface area contributed by atoms with Crippen LogP contribution in [0.15, 0.2) is 0 Å². The van der Waals surface area contributed by atoms with Gasteiger partial charge in [0, 0.05) is 17.7 Å². The van der Waals surface area contributed by atoms with Gasteiger partial charge < -0.3 is 5.11 Å². The molecule has 3 heteroatoms. The van der Waals surface area contributed by atoms with Gasteiger partial charge in [-0.2, -0.15) is 0 Å². The lowest BCUT2D eigenvalue weighted by molar-refractivity contribution is 0.188. The standard InChI is InChI=1S/C5H11NOS/c1-6-4-8-3-5(6)2-7/h5,7H,2-4H2,1H3. The van der Waals surface area contributed by atoms with E-state index in [2.05, 4.69) is 4.90 Å². The first-order chi connectivity index (χ1) is 3.84. The molecule has 0 spiro atoms. The molecule has 1 fully saturated rings. The number of aliphatic hydroxyl groups is 1. The van der Waals surface area contributed by atoms with Gasteiger partial charge in [-0.1, -0.05) is 0 Å². The fraction of sp³-hybridized carbons (Fsp3) is 1.00. The highest BCUT2D eigenvalue weighted by Crippen LogP contribution is 2.17. The minimum atomic E-state index is 0.309. The number of rotatable bonds is 1. The average molecular weight is 133 g/mol. The van der Waals surface area contributed by atoms with Crippen LogP contribution < -0.4 is 0 Å². The minimum absolute atomic E-state index is 0.309. The quantitative estimate of drug-likeness (QED) is 0.544. The zero-order valence-corrected chi connectivity index (χ0v) is 5.82. The summed E-state index contributed by atoms with van der Waals surface area (Å²) in [6.07, 6.45) is 0. The molecular formula is C5H11NOS. The van der Waals surface area contributed by atoms with Gasteiger partial charge in [0.1, 0.15) is 0 Å². The second-order valence-electron chi connectivity index (χ2n) is 2.09. The van der Waals surface area contributed by atoms with Crippen LogP contribution in [-0.4, -0.2) is 41.3 Å². The Morgan fingerprint density at radius 3 is 2.88 bits per heavy atom. The molecule has 0 aromatic carbocycles. The largest absolute Gasteiger partial charge is 0.395 e. The molecular weight excluding hydrogens is 122 g/mol. The van der Waals surface area contributed by atoms with E-state index in [0.29, 0.717) is 12.6 Å². The number of thioether (sulfide) groups is 1. The molecule has 1 atom stereocenters. The summed E-state index contributed by atoms with van der Waals surface area (Å²) < 4.78 is 0. The maximum atomic E-state index is 8.68. The van der Waals surface area contributed by atoms with Crippen molar-refractivity contribution in [3.8, 4) is 0 Å². The van der Waals surface area contributed by atoms with Crippen LogP contribution in [0.3, 0.4) is 0 Å². The van der Waals surface area contributed by atoms with Gasteiger partial charge in [-0.15, -0.1) is 11.8 Å². The Morgan fingerprint density at radius 1 is 1.88 bits per heavy atom. The van der Waals surface area contributed by atoms with Crippen LogP contribution in [0.1, 0.15) is 0 Å². The molecule has 0 amide bonds. The monoisotopic (exact) mass is 133 g/mol. The van der Waals surface area contributed by atoms with Gasteiger partial charge in [-0.3, -0.25) is 4.90 Å². The van der Waals surface area contributed by atoms with E-state index in [1.54, 1.807) is 0 Å². The van der Waals surface area contributed by atoms with Crippen LogP contribution in [0.4, 0.5) is 0 Å². The normalized spacial score (nSPS) is 31.5. The van der Waals surface area contributed by atoms with Gasteiger partial charge in [-0.05, 0) is 7.05 Å². The molecule has 0 aromatic rings. The second kappa shape index (κ2) is 2.71. The number of nitrogens with zero attached hydrogens (tertiary/aromatic N) is 1. The van der Waals surface area contributed by atoms with E-state index in [4.69, 9.17) is 5.11 Å². The van der Waals surface area contributed by atoms with Gasteiger partial charge in [0.05, 0.1) is 6.61 Å². The van der Waals surface area contributed by atoms with Crippen molar-refractivity contribution in [2.45, 2.75) is 6.04 Å². The Kier molecular flexibility index (Phi) is 2.16. The molecule has 1 unspecified atom stereocenters. The molecule has 1 N–H and O–H groups in total. The van der Waals surface area contributed by atoms with Gasteiger partial charge in [0.15, 0.2) is 0 Å². The van der Waals surface area contributed by atoms with Crippen LogP contribution in [0.2, 0.25) is 0 Å². The Morgan fingerprint density at radius 2 is 2.62 bits per heavy atom. The summed E-state index contributed by atoms with van der Waals surface area (Å²) in [7, 11) is 2.04. The number of likely N-dealkylation sites (N-methyl/N-ethyl adjacent to an activating group) is 1. The molecule has 48 valence electrons. The second-order valence-corrected chi connectivity index (χ2v) is 3.09. The summed E-state index contributed by atoms with van der Waals surface area (Å²) in [5.41, 5.74) is 0. The van der Waals surface area contributed by atoms with Crippen molar-refractivity contribution in [3.05, 3.63) is 0 Å². The van der Waals surface area contributed by atoms with Gasteiger partial charge >= 0.3 is 0 Å². The molecule has 0 radical (unpaired) electrons.